The Morgan fingerprint density at radius 2 is 2.06 bits per heavy atom. The molecule has 0 aromatic heterocycles. The second-order valence-electron chi connectivity index (χ2n) is 5.23. The van der Waals surface area contributed by atoms with E-state index < -0.39 is 11.4 Å². The smallest absolute Gasteiger partial charge is 0.165 e. The first-order valence-corrected chi connectivity index (χ1v) is 6.65. The Morgan fingerprint density at radius 1 is 1.39 bits per heavy atom. The average molecular weight is 252 g/mol. The summed E-state index contributed by atoms with van der Waals surface area (Å²) >= 11 is 0. The van der Waals surface area contributed by atoms with Crippen molar-refractivity contribution in [3.8, 4) is 5.75 Å². The molecular weight excluding hydrogens is 231 g/mol. The number of ether oxygens (including phenoxy) is 1. The van der Waals surface area contributed by atoms with Gasteiger partial charge < -0.3 is 9.84 Å². The van der Waals surface area contributed by atoms with Crippen molar-refractivity contribution < 1.29 is 14.2 Å². The van der Waals surface area contributed by atoms with Crippen molar-refractivity contribution in [3.05, 3.63) is 29.6 Å². The number of halogens is 1. The van der Waals surface area contributed by atoms with Crippen LogP contribution in [0.1, 0.15) is 44.6 Å². The summed E-state index contributed by atoms with van der Waals surface area (Å²) in [6.45, 7) is 2.18. The van der Waals surface area contributed by atoms with E-state index in [-0.39, 0.29) is 5.75 Å². The van der Waals surface area contributed by atoms with Crippen molar-refractivity contribution in [1.29, 1.82) is 0 Å². The highest BCUT2D eigenvalue weighted by atomic mass is 19.1. The van der Waals surface area contributed by atoms with E-state index in [1.165, 1.54) is 13.2 Å². The summed E-state index contributed by atoms with van der Waals surface area (Å²) in [4.78, 5) is 0. The summed E-state index contributed by atoms with van der Waals surface area (Å²) in [5.74, 6) is 0.527. The fourth-order valence-electron chi connectivity index (χ4n) is 2.81. The van der Waals surface area contributed by atoms with Gasteiger partial charge in [0.05, 0.1) is 12.7 Å². The van der Waals surface area contributed by atoms with Gasteiger partial charge >= 0.3 is 0 Å². The highest BCUT2D eigenvalue weighted by Gasteiger charge is 2.34. The lowest BCUT2D eigenvalue weighted by molar-refractivity contribution is -0.0148. The van der Waals surface area contributed by atoms with E-state index in [0.717, 1.165) is 32.1 Å². The van der Waals surface area contributed by atoms with Crippen LogP contribution in [0.5, 0.6) is 5.75 Å². The van der Waals surface area contributed by atoms with Gasteiger partial charge in [-0.3, -0.25) is 0 Å². The maximum Gasteiger partial charge on any atom is 0.165 e. The van der Waals surface area contributed by atoms with Crippen molar-refractivity contribution in [2.45, 2.75) is 44.6 Å². The zero-order chi connectivity index (χ0) is 13.2. The van der Waals surface area contributed by atoms with Crippen LogP contribution >= 0.6 is 0 Å². The second kappa shape index (κ2) is 5.27. The molecule has 3 heteroatoms. The average Bonchev–Trinajstić information content (AvgIpc) is 2.39. The third-order valence-electron chi connectivity index (χ3n) is 4.20. The third kappa shape index (κ3) is 2.51. The van der Waals surface area contributed by atoms with E-state index >= 15 is 0 Å². The van der Waals surface area contributed by atoms with Crippen molar-refractivity contribution in [2.24, 2.45) is 5.92 Å². The maximum atomic E-state index is 13.7. The quantitative estimate of drug-likeness (QED) is 0.890. The lowest BCUT2D eigenvalue weighted by Crippen LogP contribution is -2.31. The molecule has 0 saturated heterocycles. The van der Waals surface area contributed by atoms with Gasteiger partial charge in [0.1, 0.15) is 0 Å². The Hall–Kier alpha value is -1.09. The molecular formula is C15H21FO2. The molecule has 1 aromatic rings. The Labute approximate surface area is 108 Å². The van der Waals surface area contributed by atoms with Gasteiger partial charge in [0.25, 0.3) is 0 Å². The van der Waals surface area contributed by atoms with Gasteiger partial charge in [-0.2, -0.15) is 0 Å². The summed E-state index contributed by atoms with van der Waals surface area (Å²) in [6, 6.07) is 4.77. The summed E-state index contributed by atoms with van der Waals surface area (Å²) in [6.07, 6.45) is 4.63. The van der Waals surface area contributed by atoms with Crippen molar-refractivity contribution in [1.82, 2.24) is 0 Å². The van der Waals surface area contributed by atoms with Crippen molar-refractivity contribution >= 4 is 0 Å². The molecule has 1 aliphatic carbocycles. The minimum atomic E-state index is -0.862. The molecule has 0 spiro atoms. The molecule has 18 heavy (non-hydrogen) atoms. The Balaban J connectivity index is 2.18. The van der Waals surface area contributed by atoms with Gasteiger partial charge in [0.2, 0.25) is 0 Å². The van der Waals surface area contributed by atoms with Crippen molar-refractivity contribution in [2.75, 3.05) is 7.11 Å². The first kappa shape index (κ1) is 13.3. The molecule has 0 bridgehead atoms. The summed E-state index contributed by atoms with van der Waals surface area (Å²) in [7, 11) is 1.44. The molecule has 0 heterocycles. The molecule has 2 nitrogen and oxygen atoms in total. The van der Waals surface area contributed by atoms with Crippen LogP contribution in [0.3, 0.4) is 0 Å². The minimum absolute atomic E-state index is 0.226. The molecule has 0 aliphatic heterocycles. The molecule has 1 aromatic carbocycles. The molecule has 1 N–H and O–H groups in total. The number of hydrogen-bond donors (Lipinski definition) is 1. The van der Waals surface area contributed by atoms with Crippen LogP contribution in [0.25, 0.3) is 0 Å². The van der Waals surface area contributed by atoms with Gasteiger partial charge in [-0.15, -0.1) is 0 Å². The van der Waals surface area contributed by atoms with Gasteiger partial charge in [0.15, 0.2) is 11.6 Å². The Bertz CT molecular complexity index is 409. The Morgan fingerprint density at radius 3 is 2.56 bits per heavy atom. The van der Waals surface area contributed by atoms with Crippen LogP contribution < -0.4 is 4.74 Å². The highest BCUT2D eigenvalue weighted by Crippen LogP contribution is 2.41. The monoisotopic (exact) mass is 252 g/mol. The second-order valence-corrected chi connectivity index (χ2v) is 5.23. The topological polar surface area (TPSA) is 29.5 Å². The predicted octanol–water partition coefficient (Wildman–Crippen LogP) is 3.62. The van der Waals surface area contributed by atoms with E-state index in [9.17, 15) is 9.50 Å². The SMILES string of the molecule is CCC1CCC(O)(c2ccc(OC)c(F)c2)CC1. The fourth-order valence-corrected chi connectivity index (χ4v) is 2.81. The number of benzene rings is 1. The lowest BCUT2D eigenvalue weighted by atomic mass is 9.74. The summed E-state index contributed by atoms with van der Waals surface area (Å²) in [5.41, 5.74) is -0.186. The van der Waals surface area contributed by atoms with E-state index in [1.807, 2.05) is 0 Å². The lowest BCUT2D eigenvalue weighted by Gasteiger charge is -2.36. The minimum Gasteiger partial charge on any atom is -0.494 e. The molecule has 0 atom stereocenters. The van der Waals surface area contributed by atoms with Crippen LogP contribution in [-0.4, -0.2) is 12.2 Å². The number of aliphatic hydroxyl groups is 1. The van der Waals surface area contributed by atoms with E-state index in [2.05, 4.69) is 6.92 Å². The number of rotatable bonds is 3. The van der Waals surface area contributed by atoms with E-state index in [0.29, 0.717) is 11.5 Å². The number of methoxy groups -OCH3 is 1. The molecule has 1 saturated carbocycles. The highest BCUT2D eigenvalue weighted by molar-refractivity contribution is 5.32. The normalized spacial score (nSPS) is 28.1. The largest absolute Gasteiger partial charge is 0.494 e. The number of hydrogen-bond acceptors (Lipinski definition) is 2. The van der Waals surface area contributed by atoms with Crippen LogP contribution in [0, 0.1) is 11.7 Å². The first-order chi connectivity index (χ1) is 8.59. The molecule has 0 unspecified atom stereocenters. The zero-order valence-corrected chi connectivity index (χ0v) is 11.1. The van der Waals surface area contributed by atoms with Gasteiger partial charge in [0, 0.05) is 0 Å². The molecule has 2 rings (SSSR count). The van der Waals surface area contributed by atoms with E-state index in [4.69, 9.17) is 4.74 Å². The van der Waals surface area contributed by atoms with E-state index in [1.54, 1.807) is 12.1 Å². The summed E-state index contributed by atoms with van der Waals surface area (Å²) < 4.78 is 18.6. The molecule has 1 aliphatic rings. The van der Waals surface area contributed by atoms with Gasteiger partial charge in [-0.1, -0.05) is 19.4 Å². The van der Waals surface area contributed by atoms with Crippen LogP contribution in [-0.2, 0) is 5.60 Å². The molecule has 0 radical (unpaired) electrons. The molecule has 1 fully saturated rings. The molecule has 0 amide bonds. The van der Waals surface area contributed by atoms with Crippen LogP contribution in [0.2, 0.25) is 0 Å². The first-order valence-electron chi connectivity index (χ1n) is 6.65. The van der Waals surface area contributed by atoms with Gasteiger partial charge in [-0.25, -0.2) is 4.39 Å². The fraction of sp³-hybridized carbons (Fsp3) is 0.600. The van der Waals surface area contributed by atoms with Crippen molar-refractivity contribution in [3.63, 3.8) is 0 Å². The predicted molar refractivity (Wildman–Crippen MR) is 69.1 cm³/mol. The standard InChI is InChI=1S/C15H21FO2/c1-3-11-6-8-15(17,9-7-11)12-4-5-14(18-2)13(16)10-12/h4-5,10-11,17H,3,6-9H2,1-2H3. The third-order valence-corrected chi connectivity index (χ3v) is 4.20. The van der Waals surface area contributed by atoms with Crippen LogP contribution in [0.4, 0.5) is 4.39 Å². The zero-order valence-electron chi connectivity index (χ0n) is 11.1. The molecule has 100 valence electrons. The maximum absolute atomic E-state index is 13.7. The summed E-state index contributed by atoms with van der Waals surface area (Å²) in [5, 5.41) is 10.6. The van der Waals surface area contributed by atoms with Crippen LogP contribution in [0.15, 0.2) is 18.2 Å². The van der Waals surface area contributed by atoms with Gasteiger partial charge in [-0.05, 0) is 49.3 Å². The Kier molecular flexibility index (Phi) is 3.91.